The summed E-state index contributed by atoms with van der Waals surface area (Å²) in [7, 11) is 0. The van der Waals surface area contributed by atoms with E-state index in [9.17, 15) is 18.4 Å². The zero-order valence-corrected chi connectivity index (χ0v) is 15.0. The summed E-state index contributed by atoms with van der Waals surface area (Å²) >= 11 is 0. The van der Waals surface area contributed by atoms with Gasteiger partial charge >= 0.3 is 0 Å². The lowest BCUT2D eigenvalue weighted by Gasteiger charge is -2.19. The Hall–Kier alpha value is -2.76. The lowest BCUT2D eigenvalue weighted by molar-refractivity contribution is -0.123. The van der Waals surface area contributed by atoms with Crippen LogP contribution in [0.4, 0.5) is 8.78 Å². The zero-order chi connectivity index (χ0) is 19.3. The van der Waals surface area contributed by atoms with Crippen LogP contribution in [-0.2, 0) is 11.2 Å². The maximum atomic E-state index is 13.7. The molecule has 0 saturated carbocycles. The van der Waals surface area contributed by atoms with E-state index in [0.717, 1.165) is 5.56 Å². The molecule has 2 aromatic carbocycles. The predicted octanol–water partition coefficient (Wildman–Crippen LogP) is 3.14. The van der Waals surface area contributed by atoms with Crippen molar-refractivity contribution in [3.8, 4) is 0 Å². The van der Waals surface area contributed by atoms with Crippen molar-refractivity contribution < 1.29 is 18.4 Å². The Bertz CT molecular complexity index is 788. The van der Waals surface area contributed by atoms with Gasteiger partial charge in [-0.2, -0.15) is 0 Å². The SMILES string of the molecule is Cc1cccc(C(=O)NC(C)C(=O)NC(C)Cc2c(F)cccc2F)c1. The van der Waals surface area contributed by atoms with E-state index in [0.29, 0.717) is 5.56 Å². The van der Waals surface area contributed by atoms with E-state index >= 15 is 0 Å². The second kappa shape index (κ2) is 8.56. The van der Waals surface area contributed by atoms with E-state index in [2.05, 4.69) is 10.6 Å². The minimum Gasteiger partial charge on any atom is -0.352 e. The fourth-order valence-electron chi connectivity index (χ4n) is 2.58. The van der Waals surface area contributed by atoms with E-state index in [1.165, 1.54) is 18.2 Å². The van der Waals surface area contributed by atoms with Gasteiger partial charge in [-0.3, -0.25) is 9.59 Å². The molecule has 2 atom stereocenters. The zero-order valence-electron chi connectivity index (χ0n) is 15.0. The summed E-state index contributed by atoms with van der Waals surface area (Å²) in [5, 5.41) is 5.28. The molecular weight excluding hydrogens is 338 g/mol. The minimum atomic E-state index is -0.782. The summed E-state index contributed by atoms with van der Waals surface area (Å²) in [6.45, 7) is 5.08. The van der Waals surface area contributed by atoms with Crippen molar-refractivity contribution in [1.29, 1.82) is 0 Å². The van der Waals surface area contributed by atoms with Crippen LogP contribution in [-0.4, -0.2) is 23.9 Å². The smallest absolute Gasteiger partial charge is 0.251 e. The molecule has 0 aliphatic rings. The summed E-state index contributed by atoms with van der Waals surface area (Å²) in [4.78, 5) is 24.4. The molecule has 26 heavy (non-hydrogen) atoms. The summed E-state index contributed by atoms with van der Waals surface area (Å²) in [6, 6.07) is 9.40. The first-order valence-corrected chi connectivity index (χ1v) is 8.38. The van der Waals surface area contributed by atoms with Gasteiger partial charge in [0.2, 0.25) is 5.91 Å². The maximum absolute atomic E-state index is 13.7. The summed E-state index contributed by atoms with van der Waals surface area (Å²) < 4.78 is 27.4. The Balaban J connectivity index is 1.93. The lowest BCUT2D eigenvalue weighted by atomic mass is 10.1. The summed E-state index contributed by atoms with van der Waals surface area (Å²) in [5.74, 6) is -2.07. The second-order valence-corrected chi connectivity index (χ2v) is 6.38. The van der Waals surface area contributed by atoms with Gasteiger partial charge in [-0.1, -0.05) is 23.8 Å². The predicted molar refractivity (Wildman–Crippen MR) is 95.8 cm³/mol. The molecule has 2 N–H and O–H groups in total. The molecule has 0 radical (unpaired) electrons. The highest BCUT2D eigenvalue weighted by Gasteiger charge is 2.20. The lowest BCUT2D eigenvalue weighted by Crippen LogP contribution is -2.48. The Labute approximate surface area is 151 Å². The fourth-order valence-corrected chi connectivity index (χ4v) is 2.58. The molecule has 0 aromatic heterocycles. The molecule has 0 aliphatic heterocycles. The minimum absolute atomic E-state index is 0.0167. The Morgan fingerprint density at radius 2 is 1.62 bits per heavy atom. The third-order valence-electron chi connectivity index (χ3n) is 3.98. The van der Waals surface area contributed by atoms with Gasteiger partial charge in [-0.25, -0.2) is 8.78 Å². The van der Waals surface area contributed by atoms with Crippen LogP contribution in [0, 0.1) is 18.6 Å². The van der Waals surface area contributed by atoms with Crippen LogP contribution in [0.3, 0.4) is 0 Å². The van der Waals surface area contributed by atoms with Gasteiger partial charge in [-0.15, -0.1) is 0 Å². The Morgan fingerprint density at radius 1 is 1.00 bits per heavy atom. The van der Waals surface area contributed by atoms with Crippen molar-refractivity contribution in [1.82, 2.24) is 10.6 Å². The van der Waals surface area contributed by atoms with E-state index in [-0.39, 0.29) is 17.9 Å². The number of rotatable bonds is 6. The number of nitrogens with one attached hydrogen (secondary N) is 2. The normalized spacial score (nSPS) is 13.0. The van der Waals surface area contributed by atoms with Gasteiger partial charge in [0.05, 0.1) is 0 Å². The number of amides is 2. The van der Waals surface area contributed by atoms with Crippen molar-refractivity contribution in [3.05, 3.63) is 70.8 Å². The van der Waals surface area contributed by atoms with Crippen molar-refractivity contribution in [2.24, 2.45) is 0 Å². The van der Waals surface area contributed by atoms with Crippen LogP contribution < -0.4 is 10.6 Å². The highest BCUT2D eigenvalue weighted by molar-refractivity contribution is 5.97. The monoisotopic (exact) mass is 360 g/mol. The largest absolute Gasteiger partial charge is 0.352 e. The molecular formula is C20H22F2N2O2. The second-order valence-electron chi connectivity index (χ2n) is 6.38. The van der Waals surface area contributed by atoms with Crippen molar-refractivity contribution >= 4 is 11.8 Å². The van der Waals surface area contributed by atoms with Crippen molar-refractivity contribution in [2.75, 3.05) is 0 Å². The van der Waals surface area contributed by atoms with Crippen LogP contribution in [0.25, 0.3) is 0 Å². The molecule has 2 unspecified atom stereocenters. The molecule has 0 spiro atoms. The van der Waals surface area contributed by atoms with E-state index < -0.39 is 29.6 Å². The molecule has 0 heterocycles. The fraction of sp³-hybridized carbons (Fsp3) is 0.300. The molecule has 0 saturated heterocycles. The molecule has 2 rings (SSSR count). The molecule has 2 aromatic rings. The molecule has 6 heteroatoms. The number of benzene rings is 2. The van der Waals surface area contributed by atoms with E-state index in [4.69, 9.17) is 0 Å². The maximum Gasteiger partial charge on any atom is 0.251 e. The summed E-state index contributed by atoms with van der Waals surface area (Å²) in [5.41, 5.74) is 1.33. The van der Waals surface area contributed by atoms with Gasteiger partial charge in [0.1, 0.15) is 17.7 Å². The Kier molecular flexibility index (Phi) is 6.44. The van der Waals surface area contributed by atoms with Gasteiger partial charge in [-0.05, 0) is 51.5 Å². The highest BCUT2D eigenvalue weighted by Crippen LogP contribution is 2.14. The molecule has 0 bridgehead atoms. The number of hydrogen-bond acceptors (Lipinski definition) is 2. The first-order chi connectivity index (χ1) is 12.3. The molecule has 138 valence electrons. The third-order valence-corrected chi connectivity index (χ3v) is 3.98. The number of aryl methyl sites for hydroxylation is 1. The first-order valence-electron chi connectivity index (χ1n) is 8.38. The average Bonchev–Trinajstić information content (AvgIpc) is 2.58. The number of carbonyl (C=O) groups is 2. The quantitative estimate of drug-likeness (QED) is 0.831. The highest BCUT2D eigenvalue weighted by atomic mass is 19.1. The van der Waals surface area contributed by atoms with Gasteiger partial charge in [0, 0.05) is 17.2 Å². The third kappa shape index (κ3) is 5.12. The standard InChI is InChI=1S/C20H22F2N2O2/c1-12-6-4-7-15(10-12)20(26)24-14(3)19(25)23-13(2)11-16-17(21)8-5-9-18(16)22/h4-10,13-14H,11H2,1-3H3,(H,23,25)(H,24,26). The molecule has 0 aliphatic carbocycles. The van der Waals surface area contributed by atoms with Crippen molar-refractivity contribution in [3.63, 3.8) is 0 Å². The van der Waals surface area contributed by atoms with Crippen molar-refractivity contribution in [2.45, 2.75) is 39.3 Å². The average molecular weight is 360 g/mol. The van der Waals surface area contributed by atoms with Crippen LogP contribution in [0.1, 0.15) is 35.3 Å². The molecule has 0 fully saturated rings. The number of hydrogen-bond donors (Lipinski definition) is 2. The summed E-state index contributed by atoms with van der Waals surface area (Å²) in [6.07, 6.45) is 0.0167. The first kappa shape index (κ1) is 19.6. The molecule has 4 nitrogen and oxygen atoms in total. The van der Waals surface area contributed by atoms with Gasteiger partial charge < -0.3 is 10.6 Å². The molecule has 2 amide bonds. The van der Waals surface area contributed by atoms with Gasteiger partial charge in [0.25, 0.3) is 5.91 Å². The van der Waals surface area contributed by atoms with E-state index in [1.54, 1.807) is 32.0 Å². The van der Waals surface area contributed by atoms with Crippen LogP contribution in [0.15, 0.2) is 42.5 Å². The Morgan fingerprint density at radius 3 is 2.23 bits per heavy atom. The van der Waals surface area contributed by atoms with Crippen LogP contribution in [0.5, 0.6) is 0 Å². The topological polar surface area (TPSA) is 58.2 Å². The number of halogens is 2. The van der Waals surface area contributed by atoms with Gasteiger partial charge in [0.15, 0.2) is 0 Å². The number of carbonyl (C=O) groups excluding carboxylic acids is 2. The van der Waals surface area contributed by atoms with Crippen LogP contribution in [0.2, 0.25) is 0 Å². The van der Waals surface area contributed by atoms with Crippen LogP contribution >= 0.6 is 0 Å². The van der Waals surface area contributed by atoms with E-state index in [1.807, 2.05) is 13.0 Å².